The number of carbonyl (C=O) groups is 2. The van der Waals surface area contributed by atoms with Gasteiger partial charge < -0.3 is 13.9 Å². The lowest BCUT2D eigenvalue weighted by Crippen LogP contribution is -2.41. The monoisotopic (exact) mass is 415 g/mol. The van der Waals surface area contributed by atoms with Crippen molar-refractivity contribution < 1.29 is 23.5 Å². The van der Waals surface area contributed by atoms with Crippen LogP contribution in [0, 0.1) is 20.8 Å². The Bertz CT molecular complexity index is 1070. The number of benzene rings is 1. The van der Waals surface area contributed by atoms with E-state index in [4.69, 9.17) is 13.9 Å². The summed E-state index contributed by atoms with van der Waals surface area (Å²) in [4.78, 5) is 29.6. The predicted octanol–water partition coefficient (Wildman–Crippen LogP) is 3.42. The van der Waals surface area contributed by atoms with Crippen molar-refractivity contribution in [1.82, 2.24) is 15.8 Å². The molecule has 0 saturated heterocycles. The Balaban J connectivity index is 1.75. The molecule has 0 aliphatic heterocycles. The van der Waals surface area contributed by atoms with Gasteiger partial charge in [0.05, 0.1) is 25.5 Å². The minimum Gasteiger partial charge on any atom is -0.493 e. The van der Waals surface area contributed by atoms with Gasteiger partial charge in [0.2, 0.25) is 0 Å². The van der Waals surface area contributed by atoms with E-state index >= 15 is 0 Å². The minimum absolute atomic E-state index is 0.370. The number of nitrogens with one attached hydrogen (secondary N) is 2. The van der Waals surface area contributed by atoms with Crippen molar-refractivity contribution in [2.45, 2.75) is 20.8 Å². The fraction of sp³-hybridized carbons (Fsp3) is 0.250. The lowest BCUT2D eigenvalue weighted by atomic mass is 10.2. The second-order valence-corrected chi connectivity index (χ2v) is 7.24. The zero-order valence-electron chi connectivity index (χ0n) is 16.7. The van der Waals surface area contributed by atoms with E-state index in [-0.39, 0.29) is 0 Å². The molecule has 2 amide bonds. The summed E-state index contributed by atoms with van der Waals surface area (Å²) in [6, 6.07) is 7.03. The van der Waals surface area contributed by atoms with Gasteiger partial charge in [-0.15, -0.1) is 11.3 Å². The average Bonchev–Trinajstić information content (AvgIpc) is 3.26. The molecule has 2 N–H and O–H groups in total. The van der Waals surface area contributed by atoms with Gasteiger partial charge >= 0.3 is 0 Å². The molecule has 3 rings (SSSR count). The van der Waals surface area contributed by atoms with Crippen molar-refractivity contribution in [3.05, 3.63) is 51.9 Å². The summed E-state index contributed by atoms with van der Waals surface area (Å²) < 4.78 is 15.9. The van der Waals surface area contributed by atoms with E-state index < -0.39 is 11.8 Å². The van der Waals surface area contributed by atoms with Crippen LogP contribution in [0.25, 0.3) is 10.6 Å². The van der Waals surface area contributed by atoms with Gasteiger partial charge in [0.1, 0.15) is 21.4 Å². The minimum atomic E-state index is -0.449. The molecule has 9 heteroatoms. The first kappa shape index (κ1) is 20.4. The highest BCUT2D eigenvalue weighted by atomic mass is 32.1. The molecular weight excluding hydrogens is 394 g/mol. The Morgan fingerprint density at radius 2 is 1.69 bits per heavy atom. The highest BCUT2D eigenvalue weighted by molar-refractivity contribution is 7.17. The van der Waals surface area contributed by atoms with Crippen LogP contribution in [0.15, 0.2) is 28.7 Å². The van der Waals surface area contributed by atoms with Gasteiger partial charge in [-0.05, 0) is 45.0 Å². The third kappa shape index (κ3) is 4.24. The van der Waals surface area contributed by atoms with Gasteiger partial charge in [-0.25, -0.2) is 4.98 Å². The van der Waals surface area contributed by atoms with Gasteiger partial charge in [-0.3, -0.25) is 20.4 Å². The number of carbonyl (C=O) groups excluding carboxylic acids is 2. The zero-order valence-corrected chi connectivity index (χ0v) is 17.5. The van der Waals surface area contributed by atoms with Crippen molar-refractivity contribution in [2.75, 3.05) is 14.2 Å². The van der Waals surface area contributed by atoms with Crippen LogP contribution in [-0.2, 0) is 0 Å². The molecule has 1 aromatic carbocycles. The second-order valence-electron chi connectivity index (χ2n) is 6.24. The third-order valence-corrected chi connectivity index (χ3v) is 5.41. The first-order valence-electron chi connectivity index (χ1n) is 8.71. The topological polar surface area (TPSA) is 103 Å². The Kier molecular flexibility index (Phi) is 5.88. The maximum Gasteiger partial charge on any atom is 0.281 e. The number of hydrogen-bond donors (Lipinski definition) is 2. The Labute approximate surface area is 171 Å². The van der Waals surface area contributed by atoms with Gasteiger partial charge in [-0.1, -0.05) is 0 Å². The van der Waals surface area contributed by atoms with Crippen molar-refractivity contribution >= 4 is 23.2 Å². The highest BCUT2D eigenvalue weighted by Gasteiger charge is 2.19. The molecule has 2 aromatic heterocycles. The van der Waals surface area contributed by atoms with Crippen LogP contribution in [0.3, 0.4) is 0 Å². The molecule has 0 aliphatic rings. The van der Waals surface area contributed by atoms with E-state index in [9.17, 15) is 9.59 Å². The molecule has 0 saturated carbocycles. The second kappa shape index (κ2) is 8.36. The number of aryl methyl sites for hydroxylation is 3. The molecule has 152 valence electrons. The number of methoxy groups -OCH3 is 2. The largest absolute Gasteiger partial charge is 0.493 e. The number of hydrazine groups is 1. The molecule has 8 nitrogen and oxygen atoms in total. The number of thiazole rings is 1. The van der Waals surface area contributed by atoms with Crippen molar-refractivity contribution in [3.63, 3.8) is 0 Å². The summed E-state index contributed by atoms with van der Waals surface area (Å²) in [5, 5.41) is 0.654. The molecule has 0 fully saturated rings. The molecule has 0 atom stereocenters. The van der Waals surface area contributed by atoms with Crippen molar-refractivity contribution in [2.24, 2.45) is 0 Å². The number of nitrogens with zero attached hydrogens (tertiary/aromatic N) is 1. The lowest BCUT2D eigenvalue weighted by Gasteiger charge is -2.08. The van der Waals surface area contributed by atoms with E-state index in [0.717, 1.165) is 5.56 Å². The lowest BCUT2D eigenvalue weighted by molar-refractivity contribution is 0.0847. The Hall–Kier alpha value is -3.33. The van der Waals surface area contributed by atoms with E-state index in [1.54, 1.807) is 53.2 Å². The maximum atomic E-state index is 12.5. The van der Waals surface area contributed by atoms with Gasteiger partial charge in [-0.2, -0.15) is 0 Å². The van der Waals surface area contributed by atoms with Gasteiger partial charge in [0.25, 0.3) is 11.8 Å². The number of furan rings is 1. The highest BCUT2D eigenvalue weighted by Crippen LogP contribution is 2.34. The Morgan fingerprint density at radius 3 is 2.31 bits per heavy atom. The van der Waals surface area contributed by atoms with E-state index in [1.165, 1.54) is 11.3 Å². The quantitative estimate of drug-likeness (QED) is 0.619. The van der Waals surface area contributed by atoms with E-state index in [2.05, 4.69) is 15.8 Å². The van der Waals surface area contributed by atoms with Crippen LogP contribution in [0.1, 0.15) is 37.2 Å². The summed E-state index contributed by atoms with van der Waals surface area (Å²) >= 11 is 1.22. The SMILES string of the molecule is COc1ccc(-c2nc(C)c(C(=O)NNC(=O)c3cc(C)oc3C)s2)cc1OC. The molecule has 3 aromatic rings. The number of amides is 2. The molecule has 29 heavy (non-hydrogen) atoms. The molecular formula is C20H21N3O5S. The van der Waals surface area contributed by atoms with Gasteiger partial charge in [0, 0.05) is 5.56 Å². The van der Waals surface area contributed by atoms with Crippen LogP contribution in [-0.4, -0.2) is 31.0 Å². The number of ether oxygens (including phenoxy) is 2. The zero-order chi connectivity index (χ0) is 21.1. The molecule has 0 unspecified atom stereocenters. The number of rotatable bonds is 5. The standard InChI is InChI=1S/C20H21N3O5S/c1-10-8-14(12(3)28-10)18(24)22-23-19(25)17-11(2)21-20(29-17)13-6-7-15(26-4)16(9-13)27-5/h6-9H,1-5H3,(H,22,24)(H,23,25). The molecule has 0 spiro atoms. The number of aromatic nitrogens is 1. The van der Waals surface area contributed by atoms with Crippen LogP contribution in [0.4, 0.5) is 0 Å². The van der Waals surface area contributed by atoms with Crippen LogP contribution >= 0.6 is 11.3 Å². The summed E-state index contributed by atoms with van der Waals surface area (Å²) in [7, 11) is 3.12. The summed E-state index contributed by atoms with van der Waals surface area (Å²) in [5.74, 6) is 1.39. The van der Waals surface area contributed by atoms with E-state index in [0.29, 0.717) is 44.2 Å². The molecule has 0 aliphatic carbocycles. The third-order valence-electron chi connectivity index (χ3n) is 4.21. The average molecular weight is 415 g/mol. The molecule has 0 radical (unpaired) electrons. The van der Waals surface area contributed by atoms with Crippen molar-refractivity contribution in [3.8, 4) is 22.1 Å². The van der Waals surface area contributed by atoms with Crippen LogP contribution in [0.5, 0.6) is 11.5 Å². The normalized spacial score (nSPS) is 10.5. The fourth-order valence-electron chi connectivity index (χ4n) is 2.79. The molecule has 2 heterocycles. The summed E-state index contributed by atoms with van der Waals surface area (Å²) in [5.41, 5.74) is 6.55. The van der Waals surface area contributed by atoms with Crippen molar-refractivity contribution in [1.29, 1.82) is 0 Å². The first-order valence-corrected chi connectivity index (χ1v) is 9.53. The maximum absolute atomic E-state index is 12.5. The van der Waals surface area contributed by atoms with Crippen LogP contribution in [0.2, 0.25) is 0 Å². The summed E-state index contributed by atoms with van der Waals surface area (Å²) in [6.45, 7) is 5.17. The molecule has 0 bridgehead atoms. The first-order chi connectivity index (χ1) is 13.8. The fourth-order valence-corrected chi connectivity index (χ4v) is 3.75. The smallest absolute Gasteiger partial charge is 0.281 e. The summed E-state index contributed by atoms with van der Waals surface area (Å²) in [6.07, 6.45) is 0. The van der Waals surface area contributed by atoms with Crippen LogP contribution < -0.4 is 20.3 Å². The predicted molar refractivity (Wildman–Crippen MR) is 109 cm³/mol. The van der Waals surface area contributed by atoms with Gasteiger partial charge in [0.15, 0.2) is 11.5 Å². The Morgan fingerprint density at radius 1 is 1.00 bits per heavy atom. The van der Waals surface area contributed by atoms with E-state index in [1.807, 2.05) is 6.07 Å². The number of hydrogen-bond acceptors (Lipinski definition) is 7.